The number of aliphatic hydroxyl groups excluding tert-OH is 1. The quantitative estimate of drug-likeness (QED) is 0.0155. The van der Waals surface area contributed by atoms with Gasteiger partial charge in [0.1, 0.15) is 48.3 Å². The molecule has 0 spiro atoms. The lowest BCUT2D eigenvalue weighted by Gasteiger charge is -2.28. The first-order chi connectivity index (χ1) is 35.4. The van der Waals surface area contributed by atoms with Gasteiger partial charge < -0.3 is 96.1 Å². The molecule has 0 aliphatic heterocycles. The Morgan fingerprint density at radius 1 is 0.421 bits per heavy atom. The SMILES string of the molecule is CC(C)C[C@H](NC(=O)[C@@H](N)CCC(N)=O)C(=O)N[C@@H](CCC(=O)O)C(=O)N[C@@H](CCC(=O)O)C(=O)N[C@@H](CCC(=O)O)C(=O)N[C@@H](CCC(=O)O)C(=O)N[C@@H](CO)C(=O)N[C@@H](C)C(=O)N[C@@H](CCCN=C(N)N)C(=O)O. The number of rotatable bonds is 39. The van der Waals surface area contributed by atoms with Gasteiger partial charge in [0, 0.05) is 38.6 Å². The number of aliphatic carboxylic acids is 5. The summed E-state index contributed by atoms with van der Waals surface area (Å²) in [5, 5.41) is 74.8. The van der Waals surface area contributed by atoms with Crippen molar-refractivity contribution in [3.05, 3.63) is 0 Å². The molecule has 0 unspecified atom stereocenters. The molecule has 0 saturated heterocycles. The molecular weight excluding hydrogens is 1020 g/mol. The van der Waals surface area contributed by atoms with Crippen molar-refractivity contribution in [2.75, 3.05) is 13.2 Å². The van der Waals surface area contributed by atoms with Crippen LogP contribution in [0.5, 0.6) is 0 Å². The van der Waals surface area contributed by atoms with Crippen molar-refractivity contribution in [2.24, 2.45) is 33.8 Å². The molecule has 0 rings (SSSR count). The Morgan fingerprint density at radius 2 is 0.763 bits per heavy atom. The monoisotopic (exact) mass is 1090 g/mol. The number of carboxylic acids is 5. The second-order valence-corrected chi connectivity index (χ2v) is 17.6. The van der Waals surface area contributed by atoms with E-state index in [1.165, 1.54) is 0 Å². The van der Waals surface area contributed by atoms with Crippen molar-refractivity contribution in [3.8, 4) is 0 Å². The van der Waals surface area contributed by atoms with E-state index in [2.05, 4.69) is 47.5 Å². The zero-order valence-corrected chi connectivity index (χ0v) is 42.0. The van der Waals surface area contributed by atoms with Crippen LogP contribution in [0.3, 0.4) is 0 Å². The first-order valence-corrected chi connectivity index (χ1v) is 23.6. The zero-order chi connectivity index (χ0) is 58.4. The van der Waals surface area contributed by atoms with Gasteiger partial charge in [-0.2, -0.15) is 0 Å². The van der Waals surface area contributed by atoms with E-state index in [4.69, 9.17) is 22.9 Å². The van der Waals surface area contributed by atoms with Gasteiger partial charge in [-0.3, -0.25) is 67.3 Å². The lowest BCUT2D eigenvalue weighted by Crippen LogP contribution is -2.60. The molecule has 9 atom stereocenters. The second kappa shape index (κ2) is 35.1. The van der Waals surface area contributed by atoms with E-state index in [1.807, 2.05) is 0 Å². The molecule has 0 aromatic rings. The van der Waals surface area contributed by atoms with Crippen molar-refractivity contribution in [1.29, 1.82) is 0 Å². The van der Waals surface area contributed by atoms with E-state index < -0.39 is 195 Å². The summed E-state index contributed by atoms with van der Waals surface area (Å²) < 4.78 is 0. The van der Waals surface area contributed by atoms with Crippen molar-refractivity contribution in [3.63, 3.8) is 0 Å². The average molecular weight is 1090 g/mol. The minimum absolute atomic E-state index is 0.0298. The second-order valence-electron chi connectivity index (χ2n) is 17.6. The molecule has 9 amide bonds. The topological polar surface area (TPSA) is 573 Å². The molecule has 0 aliphatic rings. The van der Waals surface area contributed by atoms with Gasteiger partial charge in [0.05, 0.1) is 12.6 Å². The maximum Gasteiger partial charge on any atom is 0.326 e. The molecule has 33 heteroatoms. The molecule has 0 saturated carbocycles. The number of nitrogens with one attached hydrogen (secondary N) is 8. The third-order valence-corrected chi connectivity index (χ3v) is 10.6. The Balaban J connectivity index is 6.63. The van der Waals surface area contributed by atoms with Gasteiger partial charge in [-0.15, -0.1) is 0 Å². The lowest BCUT2D eigenvalue weighted by atomic mass is 10.0. The third kappa shape index (κ3) is 28.9. The van der Waals surface area contributed by atoms with Crippen molar-refractivity contribution in [2.45, 2.75) is 159 Å². The Hall–Kier alpha value is -8.23. The standard InChI is InChI=1S/C43H71N13O20/c1-19(2)17-27(55-35(68)21(44)6-11-29(45)58)40(73)53-24(9-14-32(63)64)38(71)51-22(7-12-30(59)60)36(69)50-23(8-13-31(61)62)37(70)52-25(10-15-33(65)66)39(72)56-28(18-57)41(74)49-20(3)34(67)54-26(42(75)76)5-4-16-48-43(46)47/h19-28,57H,4-18,44H2,1-3H3,(H2,45,58)(H,49,74)(H,50,69)(H,51,71)(H,52,70)(H,53,73)(H,54,67)(H,55,68)(H,56,72)(H,59,60)(H,61,62)(H,63,64)(H,65,66)(H,75,76)(H4,46,47,48)/t20-,21-,22-,23-,24-,25-,26-,27-,28-/m0/s1. The summed E-state index contributed by atoms with van der Waals surface area (Å²) >= 11 is 0. The summed E-state index contributed by atoms with van der Waals surface area (Å²) in [6.07, 6.45) is -6.76. The van der Waals surface area contributed by atoms with Crippen LogP contribution < -0.4 is 65.5 Å². The van der Waals surface area contributed by atoms with Gasteiger partial charge >= 0.3 is 29.8 Å². The first-order valence-electron chi connectivity index (χ1n) is 23.6. The zero-order valence-electron chi connectivity index (χ0n) is 42.0. The van der Waals surface area contributed by atoms with Crippen LogP contribution in [-0.2, 0) is 67.1 Å². The highest BCUT2D eigenvalue weighted by Crippen LogP contribution is 2.11. The van der Waals surface area contributed by atoms with Gasteiger partial charge in [0.2, 0.25) is 53.2 Å². The predicted molar refractivity (Wildman–Crippen MR) is 259 cm³/mol. The minimum Gasteiger partial charge on any atom is -0.481 e. The van der Waals surface area contributed by atoms with Gasteiger partial charge in [-0.05, 0) is 64.2 Å². The number of nitrogens with zero attached hydrogens (tertiary/aromatic N) is 1. The maximum absolute atomic E-state index is 13.9. The highest BCUT2D eigenvalue weighted by molar-refractivity contribution is 5.98. The van der Waals surface area contributed by atoms with Crippen LogP contribution in [0.1, 0.15) is 104 Å². The van der Waals surface area contributed by atoms with Crippen molar-refractivity contribution < 1.29 is 97.8 Å². The molecule has 0 radical (unpaired) electrons. The average Bonchev–Trinajstić information content (AvgIpc) is 3.31. The van der Waals surface area contributed by atoms with Crippen molar-refractivity contribution in [1.82, 2.24) is 42.5 Å². The van der Waals surface area contributed by atoms with Crippen molar-refractivity contribution >= 4 is 89.0 Å². The number of nitrogens with two attached hydrogens (primary N) is 4. The number of aliphatic imine (C=N–C) groups is 1. The van der Waals surface area contributed by atoms with Crippen LogP contribution in [0.25, 0.3) is 0 Å². The number of aliphatic hydroxyl groups is 1. The van der Waals surface area contributed by atoms with Crippen LogP contribution in [0.2, 0.25) is 0 Å². The first kappa shape index (κ1) is 67.8. The predicted octanol–water partition coefficient (Wildman–Crippen LogP) is -6.89. The number of hydrogen-bond acceptors (Lipinski definition) is 17. The van der Waals surface area contributed by atoms with E-state index in [1.54, 1.807) is 13.8 Å². The summed E-state index contributed by atoms with van der Waals surface area (Å²) in [5.41, 5.74) is 21.4. The van der Waals surface area contributed by atoms with Gasteiger partial charge in [-0.25, -0.2) is 4.79 Å². The Morgan fingerprint density at radius 3 is 1.09 bits per heavy atom. The number of carbonyl (C=O) groups is 14. The highest BCUT2D eigenvalue weighted by atomic mass is 16.4. The molecule has 76 heavy (non-hydrogen) atoms. The number of carbonyl (C=O) groups excluding carboxylic acids is 9. The van der Waals surface area contributed by atoms with Crippen LogP contribution in [0.4, 0.5) is 0 Å². The van der Waals surface area contributed by atoms with E-state index in [9.17, 15) is 97.8 Å². The number of carboxylic acid groups (broad SMARTS) is 5. The molecule has 33 nitrogen and oxygen atoms in total. The van der Waals surface area contributed by atoms with E-state index in [0.29, 0.717) is 0 Å². The van der Waals surface area contributed by atoms with Gasteiger partial charge in [0.25, 0.3) is 0 Å². The summed E-state index contributed by atoms with van der Waals surface area (Å²) in [4.78, 5) is 180. The summed E-state index contributed by atoms with van der Waals surface area (Å²) in [7, 11) is 0. The smallest absolute Gasteiger partial charge is 0.326 e. The fourth-order valence-corrected chi connectivity index (χ4v) is 6.55. The van der Waals surface area contributed by atoms with Crippen LogP contribution >= 0.6 is 0 Å². The summed E-state index contributed by atoms with van der Waals surface area (Å²) in [5.74, 6) is -18.2. The lowest BCUT2D eigenvalue weighted by molar-refractivity contribution is -0.142. The molecule has 0 aliphatic carbocycles. The molecule has 0 bridgehead atoms. The fraction of sp³-hybridized carbons (Fsp3) is 0.651. The number of guanidine groups is 1. The molecule has 0 aromatic carbocycles. The highest BCUT2D eigenvalue weighted by Gasteiger charge is 2.35. The minimum atomic E-state index is -1.97. The Labute approximate surface area is 434 Å². The summed E-state index contributed by atoms with van der Waals surface area (Å²) in [6, 6.07) is -15.2. The number of primary amides is 1. The normalized spacial score (nSPS) is 14.4. The van der Waals surface area contributed by atoms with E-state index in [-0.39, 0.29) is 50.5 Å². The number of amides is 9. The molecule has 0 heterocycles. The van der Waals surface area contributed by atoms with Crippen LogP contribution in [-0.4, -0.2) is 187 Å². The van der Waals surface area contributed by atoms with Gasteiger partial charge in [0.15, 0.2) is 5.96 Å². The van der Waals surface area contributed by atoms with Gasteiger partial charge in [-0.1, -0.05) is 13.8 Å². The maximum atomic E-state index is 13.9. The molecule has 0 aromatic heterocycles. The largest absolute Gasteiger partial charge is 0.481 e. The fourth-order valence-electron chi connectivity index (χ4n) is 6.55. The molecule has 428 valence electrons. The molecule has 0 fully saturated rings. The van der Waals surface area contributed by atoms with E-state index in [0.717, 1.165) is 6.92 Å². The number of hydrogen-bond donors (Lipinski definition) is 18. The van der Waals surface area contributed by atoms with Crippen LogP contribution in [0, 0.1) is 5.92 Å². The van der Waals surface area contributed by atoms with Crippen LogP contribution in [0.15, 0.2) is 4.99 Å². The Kier molecular flexibility index (Phi) is 31.3. The molecule has 22 N–H and O–H groups in total. The summed E-state index contributed by atoms with van der Waals surface area (Å²) in [6.45, 7) is 3.32. The molecular formula is C43H71N13O20. The van der Waals surface area contributed by atoms with E-state index >= 15 is 0 Å². The Bertz CT molecular complexity index is 2120. The third-order valence-electron chi connectivity index (χ3n) is 10.6.